The lowest BCUT2D eigenvalue weighted by atomic mass is 10.4. The van der Waals surface area contributed by atoms with Gasteiger partial charge in [-0.1, -0.05) is 13.0 Å². The van der Waals surface area contributed by atoms with E-state index in [0.29, 0.717) is 0 Å². The molecule has 1 heterocycles. The van der Waals surface area contributed by atoms with Crippen LogP contribution >= 0.6 is 0 Å². The Morgan fingerprint density at radius 3 is 3.09 bits per heavy atom. The first-order valence-electron chi connectivity index (χ1n) is 4.15. The third-order valence-corrected chi connectivity index (χ3v) is 1.73. The predicted octanol–water partition coefficient (Wildman–Crippen LogP) is 1.74. The maximum atomic E-state index is 11.2. The number of rotatable bonds is 2. The van der Waals surface area contributed by atoms with Crippen molar-refractivity contribution in [2.24, 2.45) is 0 Å². The first-order valence-corrected chi connectivity index (χ1v) is 4.15. The van der Waals surface area contributed by atoms with Crippen molar-refractivity contribution >= 4 is 5.91 Å². The molecule has 1 rings (SSSR count). The molecule has 2 heteroatoms. The highest BCUT2D eigenvalue weighted by Crippen LogP contribution is 2.12. The van der Waals surface area contributed by atoms with E-state index in [1.807, 2.05) is 19.5 Å². The molecule has 0 aromatic heterocycles. The second-order valence-corrected chi connectivity index (χ2v) is 2.67. The van der Waals surface area contributed by atoms with E-state index in [1.54, 1.807) is 11.0 Å². The molecular formula is C9H14NO. The summed E-state index contributed by atoms with van der Waals surface area (Å²) in [6.45, 7) is 4.90. The monoisotopic (exact) mass is 152 g/mol. The van der Waals surface area contributed by atoms with Gasteiger partial charge in [-0.2, -0.15) is 0 Å². The second-order valence-electron chi connectivity index (χ2n) is 2.67. The Morgan fingerprint density at radius 2 is 2.55 bits per heavy atom. The van der Waals surface area contributed by atoms with Crippen LogP contribution in [0.2, 0.25) is 0 Å². The summed E-state index contributed by atoms with van der Waals surface area (Å²) >= 11 is 0. The minimum Gasteiger partial charge on any atom is -0.334 e. The molecule has 0 aromatic carbocycles. The highest BCUT2D eigenvalue weighted by atomic mass is 16.2. The summed E-state index contributed by atoms with van der Waals surface area (Å²) < 4.78 is 0. The summed E-state index contributed by atoms with van der Waals surface area (Å²) in [4.78, 5) is 13.0. The number of likely N-dealkylation sites (tertiary alicyclic amines) is 1. The molecular weight excluding hydrogens is 138 g/mol. The van der Waals surface area contributed by atoms with Crippen LogP contribution in [-0.4, -0.2) is 17.4 Å². The molecule has 0 N–H and O–H groups in total. The molecule has 11 heavy (non-hydrogen) atoms. The summed E-state index contributed by atoms with van der Waals surface area (Å²) in [7, 11) is 0. The third-order valence-electron chi connectivity index (χ3n) is 1.73. The number of carbonyl (C=O) groups excluding carboxylic acids is 1. The van der Waals surface area contributed by atoms with Gasteiger partial charge < -0.3 is 4.90 Å². The number of amides is 1. The van der Waals surface area contributed by atoms with Gasteiger partial charge in [-0.05, 0) is 25.3 Å². The molecule has 61 valence electrons. The van der Waals surface area contributed by atoms with E-state index < -0.39 is 0 Å². The van der Waals surface area contributed by atoms with Crippen LogP contribution in [-0.2, 0) is 4.79 Å². The fourth-order valence-corrected chi connectivity index (χ4v) is 1.11. The van der Waals surface area contributed by atoms with Crippen molar-refractivity contribution in [3.05, 3.63) is 18.7 Å². The minimum atomic E-state index is 0.129. The molecule has 0 unspecified atom stereocenters. The lowest BCUT2D eigenvalue weighted by Crippen LogP contribution is -2.22. The van der Waals surface area contributed by atoms with Crippen molar-refractivity contribution in [2.45, 2.75) is 26.2 Å². The molecule has 1 saturated heterocycles. The highest BCUT2D eigenvalue weighted by Gasteiger charge is 2.15. The van der Waals surface area contributed by atoms with E-state index in [9.17, 15) is 4.79 Å². The smallest absolute Gasteiger partial charge is 0.246 e. The van der Waals surface area contributed by atoms with Crippen molar-refractivity contribution in [1.29, 1.82) is 0 Å². The predicted molar refractivity (Wildman–Crippen MR) is 44.7 cm³/mol. The second kappa shape index (κ2) is 4.16. The lowest BCUT2D eigenvalue weighted by Gasteiger charge is -2.10. The molecule has 1 radical (unpaired) electrons. The van der Waals surface area contributed by atoms with Crippen LogP contribution in [0.4, 0.5) is 0 Å². The van der Waals surface area contributed by atoms with Crippen LogP contribution in [0.15, 0.2) is 12.2 Å². The zero-order valence-electron chi connectivity index (χ0n) is 6.92. The molecule has 0 bridgehead atoms. The molecule has 1 aliphatic heterocycles. The SMILES string of the molecule is CCC=CC(=O)N1[CH]CCC1. The van der Waals surface area contributed by atoms with Crippen LogP contribution in [0.1, 0.15) is 26.2 Å². The Labute approximate surface area is 67.9 Å². The van der Waals surface area contributed by atoms with Gasteiger partial charge in [0.15, 0.2) is 0 Å². The van der Waals surface area contributed by atoms with Crippen LogP contribution in [0.25, 0.3) is 0 Å². The topological polar surface area (TPSA) is 20.3 Å². The van der Waals surface area contributed by atoms with E-state index in [1.165, 1.54) is 0 Å². The lowest BCUT2D eigenvalue weighted by molar-refractivity contribution is -0.123. The molecule has 1 amide bonds. The third kappa shape index (κ3) is 2.37. The number of nitrogens with zero attached hydrogens (tertiary/aromatic N) is 1. The summed E-state index contributed by atoms with van der Waals surface area (Å²) in [6.07, 6.45) is 6.65. The fraction of sp³-hybridized carbons (Fsp3) is 0.556. The average molecular weight is 152 g/mol. The first-order chi connectivity index (χ1) is 5.34. The van der Waals surface area contributed by atoms with Gasteiger partial charge in [-0.3, -0.25) is 4.79 Å². The van der Waals surface area contributed by atoms with Gasteiger partial charge in [0, 0.05) is 6.54 Å². The van der Waals surface area contributed by atoms with E-state index in [0.717, 1.165) is 25.8 Å². The standard InChI is InChI=1S/C9H14NO/c1-2-3-6-9(11)10-7-4-5-8-10/h3,6-7H,2,4-5,8H2,1H3. The van der Waals surface area contributed by atoms with Crippen LogP contribution in [0, 0.1) is 6.54 Å². The van der Waals surface area contributed by atoms with Crippen molar-refractivity contribution < 1.29 is 4.79 Å². The number of hydrogen-bond acceptors (Lipinski definition) is 1. The normalized spacial score (nSPS) is 18.1. The Kier molecular flexibility index (Phi) is 3.14. The Hall–Kier alpha value is -0.790. The average Bonchev–Trinajstić information content (AvgIpc) is 2.52. The molecule has 0 aliphatic carbocycles. The number of hydrogen-bond donors (Lipinski definition) is 0. The van der Waals surface area contributed by atoms with Gasteiger partial charge in [0.05, 0.1) is 6.54 Å². The van der Waals surface area contributed by atoms with E-state index in [2.05, 4.69) is 0 Å². The Balaban J connectivity index is 2.34. The van der Waals surface area contributed by atoms with Gasteiger partial charge >= 0.3 is 0 Å². The van der Waals surface area contributed by atoms with E-state index in [-0.39, 0.29) is 5.91 Å². The number of allylic oxidation sites excluding steroid dienone is 1. The summed E-state index contributed by atoms with van der Waals surface area (Å²) in [6, 6.07) is 0. The van der Waals surface area contributed by atoms with Crippen molar-refractivity contribution in [1.82, 2.24) is 4.90 Å². The van der Waals surface area contributed by atoms with Crippen LogP contribution < -0.4 is 0 Å². The van der Waals surface area contributed by atoms with E-state index in [4.69, 9.17) is 0 Å². The molecule has 0 spiro atoms. The first kappa shape index (κ1) is 8.31. The summed E-state index contributed by atoms with van der Waals surface area (Å²) in [5, 5.41) is 0. The molecule has 2 nitrogen and oxygen atoms in total. The molecule has 0 saturated carbocycles. The minimum absolute atomic E-state index is 0.129. The Morgan fingerprint density at radius 1 is 1.73 bits per heavy atom. The Bertz CT molecular complexity index is 157. The maximum Gasteiger partial charge on any atom is 0.246 e. The van der Waals surface area contributed by atoms with Crippen molar-refractivity contribution in [3.63, 3.8) is 0 Å². The zero-order valence-corrected chi connectivity index (χ0v) is 6.92. The van der Waals surface area contributed by atoms with Gasteiger partial charge in [0.25, 0.3) is 0 Å². The summed E-state index contributed by atoms with van der Waals surface area (Å²) in [5.74, 6) is 0.129. The molecule has 0 atom stereocenters. The van der Waals surface area contributed by atoms with E-state index >= 15 is 0 Å². The maximum absolute atomic E-state index is 11.2. The van der Waals surface area contributed by atoms with Crippen molar-refractivity contribution in [2.75, 3.05) is 6.54 Å². The van der Waals surface area contributed by atoms with Gasteiger partial charge in [0.1, 0.15) is 0 Å². The highest BCUT2D eigenvalue weighted by molar-refractivity contribution is 5.88. The molecule has 0 aromatic rings. The van der Waals surface area contributed by atoms with Crippen molar-refractivity contribution in [3.8, 4) is 0 Å². The number of carbonyl (C=O) groups is 1. The van der Waals surface area contributed by atoms with Gasteiger partial charge in [-0.25, -0.2) is 0 Å². The quantitative estimate of drug-likeness (QED) is 0.552. The van der Waals surface area contributed by atoms with Gasteiger partial charge in [0.2, 0.25) is 5.91 Å². The zero-order chi connectivity index (χ0) is 8.10. The van der Waals surface area contributed by atoms with Crippen LogP contribution in [0.5, 0.6) is 0 Å². The fourth-order valence-electron chi connectivity index (χ4n) is 1.11. The van der Waals surface area contributed by atoms with Gasteiger partial charge in [-0.15, -0.1) is 0 Å². The molecule has 1 fully saturated rings. The van der Waals surface area contributed by atoms with Crippen LogP contribution in [0.3, 0.4) is 0 Å². The molecule has 1 aliphatic rings. The largest absolute Gasteiger partial charge is 0.334 e. The summed E-state index contributed by atoms with van der Waals surface area (Å²) in [5.41, 5.74) is 0.